The van der Waals surface area contributed by atoms with Gasteiger partial charge in [0, 0.05) is 32.7 Å². The van der Waals surface area contributed by atoms with Gasteiger partial charge in [-0.3, -0.25) is 9.59 Å². The molecule has 2 aliphatic rings. The molecule has 3 aromatic rings. The molecule has 2 saturated heterocycles. The summed E-state index contributed by atoms with van der Waals surface area (Å²) in [6.07, 6.45) is 2.76. The highest BCUT2D eigenvalue weighted by Gasteiger charge is 2.39. The van der Waals surface area contributed by atoms with Crippen molar-refractivity contribution in [1.29, 1.82) is 0 Å². The molecule has 32 heavy (non-hydrogen) atoms. The van der Waals surface area contributed by atoms with Gasteiger partial charge in [0.1, 0.15) is 22.0 Å². The van der Waals surface area contributed by atoms with Crippen molar-refractivity contribution in [3.63, 3.8) is 0 Å². The van der Waals surface area contributed by atoms with Gasteiger partial charge in [0.25, 0.3) is 5.91 Å². The van der Waals surface area contributed by atoms with E-state index in [1.54, 1.807) is 34.1 Å². The molecule has 0 bridgehead atoms. The smallest absolute Gasteiger partial charge is 0.290 e. The van der Waals surface area contributed by atoms with Gasteiger partial charge in [-0.1, -0.05) is 6.07 Å². The highest BCUT2D eigenvalue weighted by molar-refractivity contribution is 7.89. The van der Waals surface area contributed by atoms with Crippen LogP contribution < -0.4 is 0 Å². The number of amides is 2. The second kappa shape index (κ2) is 8.26. The number of hydrogen-bond donors (Lipinski definition) is 0. The average molecular weight is 476 g/mol. The van der Waals surface area contributed by atoms with Gasteiger partial charge in [-0.15, -0.1) is 0 Å². The number of hydrogen-bond acceptors (Lipinski definition) is 8. The zero-order valence-corrected chi connectivity index (χ0v) is 18.7. The standard InChI is InChI=1S/C20H21N5O5S2/c26-19(15-5-2-8-25(15)20(27)16-6-3-13-30-16)23-9-11-24(12-10-23)32(28,29)17-7-1-4-14-18(17)22-31-21-14/h1,3-4,6-7,13,15H,2,5,8-12H2/t15-/m0/s1. The SMILES string of the molecule is O=C([C@@H]1CCCN1C(=O)c1ccco1)N1CCN(S(=O)(=O)c2cccc3nsnc23)CC1. The maximum absolute atomic E-state index is 13.2. The van der Waals surface area contributed by atoms with E-state index in [1.165, 1.54) is 16.6 Å². The van der Waals surface area contributed by atoms with Crippen molar-refractivity contribution in [2.24, 2.45) is 0 Å². The Bertz CT molecular complexity index is 1250. The van der Waals surface area contributed by atoms with Crippen LogP contribution in [0.4, 0.5) is 0 Å². The minimum atomic E-state index is -3.76. The fourth-order valence-electron chi connectivity index (χ4n) is 4.30. The molecule has 0 radical (unpaired) electrons. The highest BCUT2D eigenvalue weighted by Crippen LogP contribution is 2.26. The van der Waals surface area contributed by atoms with Crippen molar-refractivity contribution >= 4 is 44.6 Å². The van der Waals surface area contributed by atoms with Crippen LogP contribution in [0.3, 0.4) is 0 Å². The van der Waals surface area contributed by atoms with E-state index in [2.05, 4.69) is 8.75 Å². The zero-order valence-electron chi connectivity index (χ0n) is 17.1. The van der Waals surface area contributed by atoms with Crippen LogP contribution in [0, 0.1) is 0 Å². The predicted octanol–water partition coefficient (Wildman–Crippen LogP) is 1.42. The molecule has 168 valence electrons. The molecule has 0 saturated carbocycles. The third kappa shape index (κ3) is 3.57. The van der Waals surface area contributed by atoms with Crippen LogP contribution in [0.15, 0.2) is 45.9 Å². The molecule has 1 atom stereocenters. The molecule has 1 aromatic carbocycles. The first-order chi connectivity index (χ1) is 15.5. The van der Waals surface area contributed by atoms with Gasteiger partial charge in [0.05, 0.1) is 18.0 Å². The van der Waals surface area contributed by atoms with E-state index in [4.69, 9.17) is 4.42 Å². The van der Waals surface area contributed by atoms with Crippen molar-refractivity contribution in [2.75, 3.05) is 32.7 Å². The molecule has 0 aliphatic carbocycles. The Hall–Kier alpha value is -2.83. The van der Waals surface area contributed by atoms with E-state index in [0.29, 0.717) is 24.0 Å². The van der Waals surface area contributed by atoms with Crippen molar-refractivity contribution in [3.05, 3.63) is 42.4 Å². The first kappa shape index (κ1) is 21.0. The third-order valence-corrected chi connectivity index (χ3v) is 8.42. The quantitative estimate of drug-likeness (QED) is 0.560. The van der Waals surface area contributed by atoms with Crippen LogP contribution in [0.2, 0.25) is 0 Å². The van der Waals surface area contributed by atoms with E-state index in [0.717, 1.165) is 18.1 Å². The molecule has 0 spiro atoms. The van der Waals surface area contributed by atoms with E-state index in [9.17, 15) is 18.0 Å². The van der Waals surface area contributed by atoms with Gasteiger partial charge < -0.3 is 14.2 Å². The number of likely N-dealkylation sites (tertiary alicyclic amines) is 1. The summed E-state index contributed by atoms with van der Waals surface area (Å²) in [5.41, 5.74) is 0.918. The van der Waals surface area contributed by atoms with Gasteiger partial charge in [-0.05, 0) is 37.1 Å². The normalized spacial score (nSPS) is 20.2. The molecule has 5 rings (SSSR count). The Labute approximate surface area is 188 Å². The van der Waals surface area contributed by atoms with Crippen molar-refractivity contribution in [3.8, 4) is 0 Å². The summed E-state index contributed by atoms with van der Waals surface area (Å²) in [6, 6.07) is 7.59. The van der Waals surface area contributed by atoms with E-state index in [-0.39, 0.29) is 48.6 Å². The Morgan fingerprint density at radius 2 is 1.84 bits per heavy atom. The Morgan fingerprint density at radius 1 is 1.03 bits per heavy atom. The number of benzene rings is 1. The molecule has 2 amide bonds. The lowest BCUT2D eigenvalue weighted by Gasteiger charge is -2.36. The number of aromatic nitrogens is 2. The molecule has 2 fully saturated rings. The summed E-state index contributed by atoms with van der Waals surface area (Å²) >= 11 is 0.975. The number of carbonyl (C=O) groups excluding carboxylic acids is 2. The summed E-state index contributed by atoms with van der Waals surface area (Å²) < 4.78 is 41.2. The Morgan fingerprint density at radius 3 is 2.59 bits per heavy atom. The molecular weight excluding hydrogens is 454 g/mol. The summed E-state index contributed by atoms with van der Waals surface area (Å²) in [5.74, 6) is -0.228. The van der Waals surface area contributed by atoms with Crippen LogP contribution in [0.1, 0.15) is 23.4 Å². The van der Waals surface area contributed by atoms with Crippen LogP contribution in [0.5, 0.6) is 0 Å². The first-order valence-corrected chi connectivity index (χ1v) is 12.5. The number of fused-ring (bicyclic) bond motifs is 1. The molecular formula is C20H21N5O5S2. The topological polar surface area (TPSA) is 117 Å². The molecule has 12 heteroatoms. The van der Waals surface area contributed by atoms with Gasteiger partial charge in [0.15, 0.2) is 5.76 Å². The van der Waals surface area contributed by atoms with Crippen LogP contribution in [-0.4, -0.2) is 81.8 Å². The van der Waals surface area contributed by atoms with E-state index >= 15 is 0 Å². The summed E-state index contributed by atoms with van der Waals surface area (Å²) in [5, 5.41) is 0. The maximum atomic E-state index is 13.2. The van der Waals surface area contributed by atoms with Gasteiger partial charge in [-0.25, -0.2) is 8.42 Å². The highest BCUT2D eigenvalue weighted by atomic mass is 32.2. The van der Waals surface area contributed by atoms with Crippen LogP contribution >= 0.6 is 11.7 Å². The lowest BCUT2D eigenvalue weighted by atomic mass is 10.1. The van der Waals surface area contributed by atoms with Crippen molar-refractivity contribution < 1.29 is 22.4 Å². The van der Waals surface area contributed by atoms with Gasteiger partial charge >= 0.3 is 0 Å². The largest absolute Gasteiger partial charge is 0.459 e. The summed E-state index contributed by atoms with van der Waals surface area (Å²) in [6.45, 7) is 1.39. The number of rotatable bonds is 4. The van der Waals surface area contributed by atoms with E-state index in [1.807, 2.05) is 0 Å². The number of nitrogens with zero attached hydrogens (tertiary/aromatic N) is 5. The Balaban J connectivity index is 1.28. The molecule has 0 N–H and O–H groups in total. The minimum absolute atomic E-state index is 0.134. The number of sulfonamides is 1. The maximum Gasteiger partial charge on any atom is 0.290 e. The molecule has 10 nitrogen and oxygen atoms in total. The minimum Gasteiger partial charge on any atom is -0.459 e. The number of piperazine rings is 1. The molecule has 4 heterocycles. The predicted molar refractivity (Wildman–Crippen MR) is 116 cm³/mol. The third-order valence-electron chi connectivity index (χ3n) is 5.95. The summed E-state index contributed by atoms with van der Waals surface area (Å²) in [7, 11) is -3.76. The second-order valence-electron chi connectivity index (χ2n) is 7.75. The van der Waals surface area contributed by atoms with E-state index < -0.39 is 16.1 Å². The molecule has 2 aromatic heterocycles. The van der Waals surface area contributed by atoms with Crippen LogP contribution in [0.25, 0.3) is 11.0 Å². The average Bonchev–Trinajstić information content (AvgIpc) is 3.59. The number of carbonyl (C=O) groups is 2. The monoisotopic (exact) mass is 475 g/mol. The first-order valence-electron chi connectivity index (χ1n) is 10.3. The lowest BCUT2D eigenvalue weighted by Crippen LogP contribution is -2.55. The van der Waals surface area contributed by atoms with Crippen molar-refractivity contribution in [1.82, 2.24) is 22.9 Å². The lowest BCUT2D eigenvalue weighted by molar-refractivity contribution is -0.136. The summed E-state index contributed by atoms with van der Waals surface area (Å²) in [4.78, 5) is 29.2. The molecule has 0 unspecified atom stereocenters. The zero-order chi connectivity index (χ0) is 22.3. The van der Waals surface area contributed by atoms with Gasteiger partial charge in [-0.2, -0.15) is 13.1 Å². The second-order valence-corrected chi connectivity index (χ2v) is 10.2. The Kier molecular flexibility index (Phi) is 5.43. The van der Waals surface area contributed by atoms with Crippen LogP contribution in [-0.2, 0) is 14.8 Å². The molecule has 2 aliphatic heterocycles. The van der Waals surface area contributed by atoms with Gasteiger partial charge in [0.2, 0.25) is 15.9 Å². The number of furan rings is 1. The fraction of sp³-hybridized carbons (Fsp3) is 0.400. The fourth-order valence-corrected chi connectivity index (χ4v) is 6.47. The van der Waals surface area contributed by atoms with Crippen molar-refractivity contribution in [2.45, 2.75) is 23.8 Å².